The van der Waals surface area contributed by atoms with Crippen molar-refractivity contribution in [3.05, 3.63) is 59.7 Å². The van der Waals surface area contributed by atoms with Gasteiger partial charge in [-0.05, 0) is 48.9 Å². The molecule has 0 fully saturated rings. The van der Waals surface area contributed by atoms with E-state index in [0.29, 0.717) is 24.4 Å². The van der Waals surface area contributed by atoms with Crippen molar-refractivity contribution < 1.29 is 14.3 Å². The Labute approximate surface area is 154 Å². The Morgan fingerprint density at radius 2 is 1.62 bits per heavy atom. The van der Waals surface area contributed by atoms with Crippen molar-refractivity contribution in [1.29, 1.82) is 0 Å². The van der Waals surface area contributed by atoms with Gasteiger partial charge in [0.1, 0.15) is 5.75 Å². The number of benzene rings is 2. The molecule has 2 amide bonds. The van der Waals surface area contributed by atoms with E-state index in [4.69, 9.17) is 10.5 Å². The van der Waals surface area contributed by atoms with Crippen LogP contribution < -0.4 is 15.4 Å². The van der Waals surface area contributed by atoms with Crippen LogP contribution in [0.3, 0.4) is 0 Å². The molecule has 0 saturated heterocycles. The van der Waals surface area contributed by atoms with E-state index in [0.717, 1.165) is 11.3 Å². The molecule has 0 aliphatic heterocycles. The maximum absolute atomic E-state index is 12.7. The highest BCUT2D eigenvalue weighted by Crippen LogP contribution is 2.17. The van der Waals surface area contributed by atoms with Crippen LogP contribution in [0.15, 0.2) is 48.5 Å². The number of primary amides is 1. The zero-order chi connectivity index (χ0) is 19.1. The average molecular weight is 355 g/mol. The normalized spacial score (nSPS) is 10.3. The topological polar surface area (TPSA) is 75.9 Å². The van der Waals surface area contributed by atoms with E-state index < -0.39 is 5.91 Å². The van der Waals surface area contributed by atoms with E-state index in [2.05, 4.69) is 0 Å². The molecule has 26 heavy (non-hydrogen) atoms. The molecule has 0 spiro atoms. The third-order valence-electron chi connectivity index (χ3n) is 3.98. The van der Waals surface area contributed by atoms with Crippen LogP contribution in [0.1, 0.15) is 22.8 Å². The standard InChI is InChI=1S/C20H25N3O3/c1-4-23(13-15-5-9-17(10-6-15)22(2)3)20(25)16-7-11-18(12-8-16)26-14-19(21)24/h5-12H,4,13-14H2,1-3H3,(H2,21,24). The molecule has 0 aliphatic rings. The molecule has 0 heterocycles. The Hall–Kier alpha value is -3.02. The molecule has 2 N–H and O–H groups in total. The summed E-state index contributed by atoms with van der Waals surface area (Å²) in [6.07, 6.45) is 0. The first-order chi connectivity index (χ1) is 12.4. The van der Waals surface area contributed by atoms with Crippen LogP contribution in [0.25, 0.3) is 0 Å². The van der Waals surface area contributed by atoms with Crippen molar-refractivity contribution in [2.45, 2.75) is 13.5 Å². The molecule has 0 unspecified atom stereocenters. The number of rotatable bonds is 8. The number of amides is 2. The molecule has 0 radical (unpaired) electrons. The number of anilines is 1. The zero-order valence-corrected chi connectivity index (χ0v) is 15.4. The molecule has 6 heteroatoms. The van der Waals surface area contributed by atoms with Crippen LogP contribution in [-0.2, 0) is 11.3 Å². The van der Waals surface area contributed by atoms with Gasteiger partial charge in [0.05, 0.1) is 0 Å². The first-order valence-corrected chi connectivity index (χ1v) is 8.47. The zero-order valence-electron chi connectivity index (χ0n) is 15.4. The van der Waals surface area contributed by atoms with Gasteiger partial charge in [0.15, 0.2) is 6.61 Å². The fourth-order valence-electron chi connectivity index (χ4n) is 2.48. The molecule has 2 rings (SSSR count). The summed E-state index contributed by atoms with van der Waals surface area (Å²) in [6, 6.07) is 14.9. The lowest BCUT2D eigenvalue weighted by atomic mass is 10.1. The van der Waals surface area contributed by atoms with Gasteiger partial charge in [-0.2, -0.15) is 0 Å². The molecule has 0 aromatic heterocycles. The van der Waals surface area contributed by atoms with Gasteiger partial charge in [-0.3, -0.25) is 9.59 Å². The summed E-state index contributed by atoms with van der Waals surface area (Å²) in [5.41, 5.74) is 7.82. The SMILES string of the molecule is CCN(Cc1ccc(N(C)C)cc1)C(=O)c1ccc(OCC(N)=O)cc1. The molecule has 0 bridgehead atoms. The minimum Gasteiger partial charge on any atom is -0.484 e. The summed E-state index contributed by atoms with van der Waals surface area (Å²) < 4.78 is 5.21. The summed E-state index contributed by atoms with van der Waals surface area (Å²) in [5.74, 6) is -0.0871. The first-order valence-electron chi connectivity index (χ1n) is 8.47. The number of ether oxygens (including phenoxy) is 1. The van der Waals surface area contributed by atoms with E-state index in [-0.39, 0.29) is 12.5 Å². The molecule has 0 aliphatic carbocycles. The molecule has 0 saturated carbocycles. The molecule has 0 atom stereocenters. The molecule has 2 aromatic carbocycles. The molecular weight excluding hydrogens is 330 g/mol. The monoisotopic (exact) mass is 355 g/mol. The van der Waals surface area contributed by atoms with Crippen LogP contribution >= 0.6 is 0 Å². The smallest absolute Gasteiger partial charge is 0.255 e. The number of nitrogens with zero attached hydrogens (tertiary/aromatic N) is 2. The summed E-state index contributed by atoms with van der Waals surface area (Å²) in [7, 11) is 3.99. The lowest BCUT2D eigenvalue weighted by molar-refractivity contribution is -0.119. The lowest BCUT2D eigenvalue weighted by Crippen LogP contribution is -2.30. The van der Waals surface area contributed by atoms with Crippen molar-refractivity contribution in [2.75, 3.05) is 32.1 Å². The fraction of sp³-hybridized carbons (Fsp3) is 0.300. The first kappa shape index (κ1) is 19.3. The van der Waals surface area contributed by atoms with Crippen LogP contribution in [0.5, 0.6) is 5.75 Å². The molecule has 2 aromatic rings. The Morgan fingerprint density at radius 1 is 1.00 bits per heavy atom. The van der Waals surface area contributed by atoms with Gasteiger partial charge in [-0.1, -0.05) is 12.1 Å². The van der Waals surface area contributed by atoms with Crippen LogP contribution in [0.2, 0.25) is 0 Å². The van der Waals surface area contributed by atoms with Crippen molar-refractivity contribution in [3.8, 4) is 5.75 Å². The van der Waals surface area contributed by atoms with Gasteiger partial charge < -0.3 is 20.3 Å². The largest absolute Gasteiger partial charge is 0.484 e. The second-order valence-electron chi connectivity index (χ2n) is 6.16. The van der Waals surface area contributed by atoms with Crippen molar-refractivity contribution in [3.63, 3.8) is 0 Å². The molecule has 138 valence electrons. The minimum absolute atomic E-state index is 0.0503. The highest BCUT2D eigenvalue weighted by Gasteiger charge is 2.15. The van der Waals surface area contributed by atoms with Crippen LogP contribution in [0, 0.1) is 0 Å². The van der Waals surface area contributed by atoms with Crippen LogP contribution in [0.4, 0.5) is 5.69 Å². The number of hydrogen-bond donors (Lipinski definition) is 1. The van der Waals surface area contributed by atoms with Gasteiger partial charge in [0.2, 0.25) is 0 Å². The van der Waals surface area contributed by atoms with Crippen LogP contribution in [-0.4, -0.2) is 44.0 Å². The van der Waals surface area contributed by atoms with E-state index in [9.17, 15) is 9.59 Å². The lowest BCUT2D eigenvalue weighted by Gasteiger charge is -2.22. The highest BCUT2D eigenvalue weighted by atomic mass is 16.5. The van der Waals surface area contributed by atoms with Crippen molar-refractivity contribution in [1.82, 2.24) is 4.90 Å². The average Bonchev–Trinajstić information content (AvgIpc) is 2.64. The van der Waals surface area contributed by atoms with Gasteiger partial charge in [-0.15, -0.1) is 0 Å². The summed E-state index contributed by atoms with van der Waals surface area (Å²) >= 11 is 0. The van der Waals surface area contributed by atoms with Crippen molar-refractivity contribution in [2.24, 2.45) is 5.73 Å². The third kappa shape index (κ3) is 5.24. The number of carbonyl (C=O) groups excluding carboxylic acids is 2. The number of carbonyl (C=O) groups is 2. The fourth-order valence-corrected chi connectivity index (χ4v) is 2.48. The summed E-state index contributed by atoms with van der Waals surface area (Å²) in [5, 5.41) is 0. The third-order valence-corrected chi connectivity index (χ3v) is 3.98. The Kier molecular flexibility index (Phi) is 6.60. The van der Waals surface area contributed by atoms with E-state index in [1.807, 2.05) is 50.2 Å². The Bertz CT molecular complexity index is 740. The second kappa shape index (κ2) is 8.89. The van der Waals surface area contributed by atoms with E-state index in [1.54, 1.807) is 29.2 Å². The predicted molar refractivity (Wildman–Crippen MR) is 102 cm³/mol. The van der Waals surface area contributed by atoms with Crippen molar-refractivity contribution >= 4 is 17.5 Å². The van der Waals surface area contributed by atoms with Gasteiger partial charge >= 0.3 is 0 Å². The summed E-state index contributed by atoms with van der Waals surface area (Å²) in [4.78, 5) is 27.3. The number of hydrogen-bond acceptors (Lipinski definition) is 4. The molecular formula is C20H25N3O3. The van der Waals surface area contributed by atoms with E-state index >= 15 is 0 Å². The quantitative estimate of drug-likeness (QED) is 0.788. The minimum atomic E-state index is -0.539. The highest BCUT2D eigenvalue weighted by molar-refractivity contribution is 5.94. The van der Waals surface area contributed by atoms with Gasteiger partial charge in [0, 0.05) is 38.4 Å². The number of nitrogens with two attached hydrogens (primary N) is 1. The second-order valence-corrected chi connectivity index (χ2v) is 6.16. The Morgan fingerprint density at radius 3 is 2.12 bits per heavy atom. The maximum Gasteiger partial charge on any atom is 0.255 e. The van der Waals surface area contributed by atoms with E-state index in [1.165, 1.54) is 0 Å². The predicted octanol–water partition coefficient (Wildman–Crippen LogP) is 2.28. The maximum atomic E-state index is 12.7. The summed E-state index contributed by atoms with van der Waals surface area (Å²) in [6.45, 7) is 2.92. The van der Waals surface area contributed by atoms with Gasteiger partial charge in [0.25, 0.3) is 11.8 Å². The Balaban J connectivity index is 2.04. The van der Waals surface area contributed by atoms with Gasteiger partial charge in [-0.25, -0.2) is 0 Å². The molecule has 6 nitrogen and oxygen atoms in total.